The summed E-state index contributed by atoms with van der Waals surface area (Å²) in [6.45, 7) is 2.55. The molecular weight excluding hydrogens is 226 g/mol. The van der Waals surface area contributed by atoms with E-state index in [-0.39, 0.29) is 11.9 Å². The largest absolute Gasteiger partial charge is 0.348 e. The number of nitrogens with one attached hydrogen (secondary N) is 1. The molecule has 1 aromatic rings. The van der Waals surface area contributed by atoms with E-state index in [9.17, 15) is 4.79 Å². The Kier molecular flexibility index (Phi) is 5.89. The zero-order chi connectivity index (χ0) is 13.4. The highest BCUT2D eigenvalue weighted by molar-refractivity contribution is 5.94. The molecule has 4 nitrogen and oxygen atoms in total. The summed E-state index contributed by atoms with van der Waals surface area (Å²) < 4.78 is 0. The third-order valence-electron chi connectivity index (χ3n) is 2.80. The number of unbranched alkanes of at least 4 members (excludes halogenated alkanes) is 1. The minimum atomic E-state index is -0.133. The molecule has 0 saturated carbocycles. The molecule has 1 aromatic carbocycles. The fourth-order valence-corrected chi connectivity index (χ4v) is 1.66. The van der Waals surface area contributed by atoms with Gasteiger partial charge in [0.05, 0.1) is 11.6 Å². The van der Waals surface area contributed by atoms with Crippen LogP contribution in [0.25, 0.3) is 0 Å². The highest BCUT2D eigenvalue weighted by Gasteiger charge is 2.11. The van der Waals surface area contributed by atoms with Gasteiger partial charge in [0.15, 0.2) is 0 Å². The smallest absolute Gasteiger partial charge is 0.251 e. The number of carbonyl (C=O) groups is 1. The molecule has 0 aliphatic carbocycles. The second-order valence-corrected chi connectivity index (χ2v) is 4.24. The van der Waals surface area contributed by atoms with Gasteiger partial charge in [0.1, 0.15) is 0 Å². The van der Waals surface area contributed by atoms with Gasteiger partial charge in [0.2, 0.25) is 0 Å². The van der Waals surface area contributed by atoms with Crippen LogP contribution in [-0.4, -0.2) is 18.5 Å². The van der Waals surface area contributed by atoms with Crippen molar-refractivity contribution in [1.82, 2.24) is 5.32 Å². The topological polar surface area (TPSA) is 78.9 Å². The Balaban J connectivity index is 2.60. The number of hydrogen-bond acceptors (Lipinski definition) is 3. The van der Waals surface area contributed by atoms with Gasteiger partial charge >= 0.3 is 0 Å². The number of rotatable bonds is 6. The molecule has 96 valence electrons. The fraction of sp³-hybridized carbons (Fsp3) is 0.429. The van der Waals surface area contributed by atoms with Gasteiger partial charge in [-0.25, -0.2) is 0 Å². The van der Waals surface area contributed by atoms with Gasteiger partial charge in [0.25, 0.3) is 5.91 Å². The van der Waals surface area contributed by atoms with Crippen molar-refractivity contribution in [3.05, 3.63) is 35.4 Å². The first kappa shape index (κ1) is 14.2. The molecule has 3 N–H and O–H groups in total. The van der Waals surface area contributed by atoms with Gasteiger partial charge in [0, 0.05) is 18.2 Å². The molecule has 0 heterocycles. The summed E-state index contributed by atoms with van der Waals surface area (Å²) in [5, 5.41) is 11.6. The van der Waals surface area contributed by atoms with Crippen LogP contribution in [-0.2, 0) is 0 Å². The predicted octanol–water partition coefficient (Wildman–Crippen LogP) is 1.81. The van der Waals surface area contributed by atoms with E-state index in [0.29, 0.717) is 17.7 Å². The van der Waals surface area contributed by atoms with Gasteiger partial charge in [-0.2, -0.15) is 5.26 Å². The average molecular weight is 245 g/mol. The normalized spacial score (nSPS) is 11.6. The summed E-state index contributed by atoms with van der Waals surface area (Å²) in [5.74, 6) is -0.133. The van der Waals surface area contributed by atoms with Crippen LogP contribution >= 0.6 is 0 Å². The van der Waals surface area contributed by atoms with E-state index < -0.39 is 0 Å². The van der Waals surface area contributed by atoms with E-state index in [1.807, 2.05) is 6.07 Å². The number of nitriles is 1. The van der Waals surface area contributed by atoms with Crippen molar-refractivity contribution in [2.24, 2.45) is 5.73 Å². The Morgan fingerprint density at radius 2 is 2.11 bits per heavy atom. The predicted molar refractivity (Wildman–Crippen MR) is 71.0 cm³/mol. The maximum Gasteiger partial charge on any atom is 0.251 e. The van der Waals surface area contributed by atoms with Crippen molar-refractivity contribution in [2.45, 2.75) is 32.2 Å². The molecule has 18 heavy (non-hydrogen) atoms. The van der Waals surface area contributed by atoms with Crippen LogP contribution in [0.1, 0.15) is 42.1 Å². The van der Waals surface area contributed by atoms with Crippen LogP contribution in [0.4, 0.5) is 0 Å². The molecular formula is C14H19N3O. The van der Waals surface area contributed by atoms with Crippen molar-refractivity contribution in [3.63, 3.8) is 0 Å². The van der Waals surface area contributed by atoms with Crippen molar-refractivity contribution in [2.75, 3.05) is 6.54 Å². The van der Waals surface area contributed by atoms with Crippen molar-refractivity contribution in [1.29, 1.82) is 5.26 Å². The Morgan fingerprint density at radius 3 is 2.61 bits per heavy atom. The van der Waals surface area contributed by atoms with E-state index in [2.05, 4.69) is 12.2 Å². The van der Waals surface area contributed by atoms with Crippen LogP contribution in [0.5, 0.6) is 0 Å². The molecule has 0 bridgehead atoms. The lowest BCUT2D eigenvalue weighted by molar-refractivity contribution is 0.0936. The van der Waals surface area contributed by atoms with Crippen molar-refractivity contribution in [3.8, 4) is 6.07 Å². The molecule has 1 atom stereocenters. The van der Waals surface area contributed by atoms with E-state index in [1.165, 1.54) is 0 Å². The van der Waals surface area contributed by atoms with Gasteiger partial charge < -0.3 is 11.1 Å². The third-order valence-corrected chi connectivity index (χ3v) is 2.80. The lowest BCUT2D eigenvalue weighted by atomic mass is 10.1. The van der Waals surface area contributed by atoms with Crippen LogP contribution in [0.2, 0.25) is 0 Å². The minimum Gasteiger partial charge on any atom is -0.348 e. The van der Waals surface area contributed by atoms with Gasteiger partial charge in [-0.15, -0.1) is 0 Å². The molecule has 0 spiro atoms. The highest BCUT2D eigenvalue weighted by Crippen LogP contribution is 2.05. The minimum absolute atomic E-state index is 0.0214. The first-order valence-corrected chi connectivity index (χ1v) is 6.22. The lowest BCUT2D eigenvalue weighted by Crippen LogP contribution is -2.40. The summed E-state index contributed by atoms with van der Waals surface area (Å²) in [4.78, 5) is 11.9. The molecule has 0 aromatic heterocycles. The molecule has 0 saturated heterocycles. The molecule has 0 aliphatic rings. The van der Waals surface area contributed by atoms with Crippen molar-refractivity contribution < 1.29 is 4.79 Å². The first-order chi connectivity index (χ1) is 8.71. The fourth-order valence-electron chi connectivity index (χ4n) is 1.66. The van der Waals surface area contributed by atoms with Crippen LogP contribution in [0.3, 0.4) is 0 Å². The SMILES string of the molecule is CCCCC(CN)NC(=O)c1ccc(C#N)cc1. The van der Waals surface area contributed by atoms with Crippen molar-refractivity contribution >= 4 is 5.91 Å². The average Bonchev–Trinajstić information content (AvgIpc) is 2.43. The molecule has 0 radical (unpaired) electrons. The monoisotopic (exact) mass is 245 g/mol. The summed E-state index contributed by atoms with van der Waals surface area (Å²) >= 11 is 0. The molecule has 4 heteroatoms. The second-order valence-electron chi connectivity index (χ2n) is 4.24. The number of nitrogens with two attached hydrogens (primary N) is 1. The van der Waals surface area contributed by atoms with E-state index in [4.69, 9.17) is 11.0 Å². The third kappa shape index (κ3) is 4.19. The van der Waals surface area contributed by atoms with Crippen LogP contribution < -0.4 is 11.1 Å². The number of nitrogens with zero attached hydrogens (tertiary/aromatic N) is 1. The Hall–Kier alpha value is -1.86. The van der Waals surface area contributed by atoms with Gasteiger partial charge in [-0.05, 0) is 30.7 Å². The maximum atomic E-state index is 11.9. The van der Waals surface area contributed by atoms with Gasteiger partial charge in [-0.3, -0.25) is 4.79 Å². The van der Waals surface area contributed by atoms with Crippen LogP contribution in [0.15, 0.2) is 24.3 Å². The van der Waals surface area contributed by atoms with E-state index >= 15 is 0 Å². The number of amides is 1. The van der Waals surface area contributed by atoms with E-state index in [1.54, 1.807) is 24.3 Å². The molecule has 0 aliphatic heterocycles. The molecule has 1 unspecified atom stereocenters. The summed E-state index contributed by atoms with van der Waals surface area (Å²) in [6, 6.07) is 8.63. The zero-order valence-corrected chi connectivity index (χ0v) is 10.6. The summed E-state index contributed by atoms with van der Waals surface area (Å²) in [6.07, 6.45) is 3.04. The molecule has 1 rings (SSSR count). The van der Waals surface area contributed by atoms with E-state index in [0.717, 1.165) is 19.3 Å². The Bertz CT molecular complexity index is 420. The summed E-state index contributed by atoms with van der Waals surface area (Å²) in [7, 11) is 0. The Morgan fingerprint density at radius 1 is 1.44 bits per heavy atom. The highest BCUT2D eigenvalue weighted by atomic mass is 16.1. The number of carbonyl (C=O) groups excluding carboxylic acids is 1. The molecule has 0 fully saturated rings. The van der Waals surface area contributed by atoms with Gasteiger partial charge in [-0.1, -0.05) is 19.8 Å². The quantitative estimate of drug-likeness (QED) is 0.802. The number of benzene rings is 1. The second kappa shape index (κ2) is 7.46. The van der Waals surface area contributed by atoms with Crippen LogP contribution in [0, 0.1) is 11.3 Å². The standard InChI is InChI=1S/C14H19N3O/c1-2-3-4-13(10-16)17-14(18)12-7-5-11(9-15)6-8-12/h5-8,13H,2-4,10,16H2,1H3,(H,17,18). The Labute approximate surface area is 108 Å². The molecule has 1 amide bonds. The summed E-state index contributed by atoms with van der Waals surface area (Å²) in [5.41, 5.74) is 6.74. The zero-order valence-electron chi connectivity index (χ0n) is 10.6. The lowest BCUT2D eigenvalue weighted by Gasteiger charge is -2.16. The maximum absolute atomic E-state index is 11.9. The first-order valence-electron chi connectivity index (χ1n) is 6.22. The number of hydrogen-bond donors (Lipinski definition) is 2.